The number of nitrogens with zero attached hydrogens (tertiary/aromatic N) is 1. The largest absolute Gasteiger partial charge is 0.353 e. The molecule has 4 rings (SSSR count). The summed E-state index contributed by atoms with van der Waals surface area (Å²) in [6.07, 6.45) is 7.93. The van der Waals surface area contributed by atoms with Crippen molar-refractivity contribution < 1.29 is 4.79 Å². The van der Waals surface area contributed by atoms with Gasteiger partial charge in [0.05, 0.1) is 5.56 Å². The van der Waals surface area contributed by atoms with Crippen molar-refractivity contribution in [2.45, 2.75) is 38.8 Å². The van der Waals surface area contributed by atoms with E-state index in [1.165, 1.54) is 23.3 Å². The molecule has 114 valence electrons. The molecule has 2 aromatic rings. The average molecular weight is 313 g/mol. The third-order valence-corrected chi connectivity index (χ3v) is 5.95. The number of rotatable bonds is 2. The summed E-state index contributed by atoms with van der Waals surface area (Å²) in [6.45, 7) is 2.26. The van der Waals surface area contributed by atoms with Gasteiger partial charge in [-0.1, -0.05) is 13.3 Å². The van der Waals surface area contributed by atoms with Gasteiger partial charge in [-0.2, -0.15) is 0 Å². The van der Waals surface area contributed by atoms with E-state index in [0.717, 1.165) is 34.9 Å². The van der Waals surface area contributed by atoms with Crippen molar-refractivity contribution in [1.29, 1.82) is 0 Å². The third-order valence-electron chi connectivity index (χ3n) is 4.76. The number of hydrogen-bond acceptors (Lipinski definition) is 4. The summed E-state index contributed by atoms with van der Waals surface area (Å²) in [5.41, 5.74) is 3.20. The lowest BCUT2D eigenvalue weighted by Crippen LogP contribution is -2.38. The van der Waals surface area contributed by atoms with Gasteiger partial charge in [0, 0.05) is 17.3 Å². The van der Waals surface area contributed by atoms with Crippen LogP contribution in [0.4, 0.5) is 5.00 Å². The molecule has 1 amide bonds. The molecule has 2 atom stereocenters. The van der Waals surface area contributed by atoms with Crippen LogP contribution in [0.15, 0.2) is 24.5 Å². The van der Waals surface area contributed by atoms with Gasteiger partial charge in [-0.25, -0.2) is 0 Å². The fourth-order valence-electron chi connectivity index (χ4n) is 3.44. The van der Waals surface area contributed by atoms with Crippen LogP contribution in [0, 0.1) is 5.92 Å². The molecule has 0 spiro atoms. The van der Waals surface area contributed by atoms with Crippen molar-refractivity contribution in [2.24, 2.45) is 5.92 Å². The number of aromatic nitrogens is 1. The molecule has 1 aliphatic carbocycles. The molecule has 0 saturated heterocycles. The van der Waals surface area contributed by atoms with Crippen molar-refractivity contribution >= 4 is 22.2 Å². The number of fused-ring (bicyclic) bond motifs is 3. The summed E-state index contributed by atoms with van der Waals surface area (Å²) in [5, 5.41) is 7.61. The number of carbonyl (C=O) groups is 1. The van der Waals surface area contributed by atoms with E-state index < -0.39 is 0 Å². The van der Waals surface area contributed by atoms with Gasteiger partial charge in [-0.3, -0.25) is 9.78 Å². The summed E-state index contributed by atoms with van der Waals surface area (Å²) in [5.74, 6) is 0.828. The number of anilines is 1. The monoisotopic (exact) mass is 313 g/mol. The van der Waals surface area contributed by atoms with Crippen LogP contribution in [0.2, 0.25) is 0 Å². The molecule has 3 heterocycles. The van der Waals surface area contributed by atoms with Crippen LogP contribution in [0.5, 0.6) is 0 Å². The number of thiophene rings is 1. The van der Waals surface area contributed by atoms with Gasteiger partial charge in [0.25, 0.3) is 5.91 Å². The predicted molar refractivity (Wildman–Crippen MR) is 88.2 cm³/mol. The highest BCUT2D eigenvalue weighted by Crippen LogP contribution is 2.43. The van der Waals surface area contributed by atoms with Crippen LogP contribution < -0.4 is 10.6 Å². The number of carbonyl (C=O) groups excluding carboxylic acids is 1. The zero-order valence-corrected chi connectivity index (χ0v) is 13.4. The summed E-state index contributed by atoms with van der Waals surface area (Å²) in [4.78, 5) is 18.0. The second-order valence-electron chi connectivity index (χ2n) is 6.06. The first-order valence-corrected chi connectivity index (χ1v) is 8.69. The van der Waals surface area contributed by atoms with E-state index in [0.29, 0.717) is 0 Å². The van der Waals surface area contributed by atoms with E-state index in [-0.39, 0.29) is 12.1 Å². The van der Waals surface area contributed by atoms with Crippen molar-refractivity contribution in [3.05, 3.63) is 46.1 Å². The number of hydrogen-bond donors (Lipinski definition) is 2. The maximum absolute atomic E-state index is 12.6. The Labute approximate surface area is 134 Å². The summed E-state index contributed by atoms with van der Waals surface area (Å²) in [7, 11) is 0. The maximum Gasteiger partial charge on any atom is 0.256 e. The molecule has 1 aliphatic heterocycles. The molecule has 0 aromatic carbocycles. The van der Waals surface area contributed by atoms with E-state index in [1.54, 1.807) is 23.7 Å². The second-order valence-corrected chi connectivity index (χ2v) is 7.16. The average Bonchev–Trinajstić information content (AvgIpc) is 2.93. The summed E-state index contributed by atoms with van der Waals surface area (Å²) < 4.78 is 0. The van der Waals surface area contributed by atoms with Crippen LogP contribution in [0.25, 0.3) is 0 Å². The molecule has 2 N–H and O–H groups in total. The molecule has 0 unspecified atom stereocenters. The zero-order chi connectivity index (χ0) is 15.1. The molecule has 5 heteroatoms. The predicted octanol–water partition coefficient (Wildman–Crippen LogP) is 3.51. The van der Waals surface area contributed by atoms with Crippen molar-refractivity contribution in [2.75, 3.05) is 5.32 Å². The molecular formula is C17H19N3OS. The molecule has 0 bridgehead atoms. The van der Waals surface area contributed by atoms with E-state index in [2.05, 4.69) is 22.5 Å². The fourth-order valence-corrected chi connectivity index (χ4v) is 4.83. The topological polar surface area (TPSA) is 54.0 Å². The highest BCUT2D eigenvalue weighted by Gasteiger charge is 2.33. The smallest absolute Gasteiger partial charge is 0.256 e. The van der Waals surface area contributed by atoms with Gasteiger partial charge in [-0.05, 0) is 48.4 Å². The van der Waals surface area contributed by atoms with E-state index in [1.807, 2.05) is 12.1 Å². The quantitative estimate of drug-likeness (QED) is 0.892. The van der Waals surface area contributed by atoms with Gasteiger partial charge in [-0.15, -0.1) is 11.3 Å². The van der Waals surface area contributed by atoms with Gasteiger partial charge >= 0.3 is 0 Å². The van der Waals surface area contributed by atoms with Crippen molar-refractivity contribution in [1.82, 2.24) is 10.3 Å². The highest BCUT2D eigenvalue weighted by molar-refractivity contribution is 7.16. The van der Waals surface area contributed by atoms with Gasteiger partial charge in [0.2, 0.25) is 0 Å². The lowest BCUT2D eigenvalue weighted by Gasteiger charge is -2.27. The SMILES string of the molecule is CC[C@H]1CCc2c(sc3c2C(=O)N[C@@H](c2ccncc2)N3)C1. The summed E-state index contributed by atoms with van der Waals surface area (Å²) in [6, 6.07) is 3.87. The normalized spacial score (nSPS) is 23.2. The molecule has 22 heavy (non-hydrogen) atoms. The first-order valence-electron chi connectivity index (χ1n) is 7.88. The third kappa shape index (κ3) is 2.20. The van der Waals surface area contributed by atoms with Crippen molar-refractivity contribution in [3.8, 4) is 0 Å². The first kappa shape index (κ1) is 13.8. The van der Waals surface area contributed by atoms with Crippen LogP contribution >= 0.6 is 11.3 Å². The Kier molecular flexibility index (Phi) is 3.37. The molecule has 2 aromatic heterocycles. The number of pyridine rings is 1. The molecule has 0 saturated carbocycles. The summed E-state index contributed by atoms with van der Waals surface area (Å²) >= 11 is 1.77. The Balaban J connectivity index is 1.68. The molecule has 4 nitrogen and oxygen atoms in total. The lowest BCUT2D eigenvalue weighted by atomic mass is 9.85. The molecule has 0 fully saturated rings. The van der Waals surface area contributed by atoms with E-state index in [4.69, 9.17) is 0 Å². The van der Waals surface area contributed by atoms with Crippen LogP contribution in [0.1, 0.15) is 52.3 Å². The minimum absolute atomic E-state index is 0.0583. The minimum atomic E-state index is -0.162. The Morgan fingerprint density at radius 2 is 2.14 bits per heavy atom. The van der Waals surface area contributed by atoms with Crippen LogP contribution in [-0.2, 0) is 12.8 Å². The van der Waals surface area contributed by atoms with E-state index in [9.17, 15) is 4.79 Å². The molecular weight excluding hydrogens is 294 g/mol. The van der Waals surface area contributed by atoms with Gasteiger partial charge in [0.15, 0.2) is 0 Å². The molecule has 2 aliphatic rings. The standard InChI is InChI=1S/C17H19N3OS/c1-2-10-3-4-12-13(9-10)22-17-14(12)16(21)19-15(20-17)11-5-7-18-8-6-11/h5-8,10,15,20H,2-4,9H2,1H3,(H,19,21)/t10-,15+/m0/s1. The number of nitrogens with one attached hydrogen (secondary N) is 2. The Morgan fingerprint density at radius 1 is 1.32 bits per heavy atom. The Morgan fingerprint density at radius 3 is 2.91 bits per heavy atom. The minimum Gasteiger partial charge on any atom is -0.353 e. The van der Waals surface area contributed by atoms with E-state index >= 15 is 0 Å². The van der Waals surface area contributed by atoms with Crippen molar-refractivity contribution in [3.63, 3.8) is 0 Å². The lowest BCUT2D eigenvalue weighted by molar-refractivity contribution is 0.0935. The fraction of sp³-hybridized carbons (Fsp3) is 0.412. The Hall–Kier alpha value is -1.88. The zero-order valence-electron chi connectivity index (χ0n) is 12.6. The number of amides is 1. The maximum atomic E-state index is 12.6. The van der Waals surface area contributed by atoms with Gasteiger partial charge < -0.3 is 10.6 Å². The first-order chi connectivity index (χ1) is 10.8. The molecule has 0 radical (unpaired) electrons. The highest BCUT2D eigenvalue weighted by atomic mass is 32.1. The van der Waals surface area contributed by atoms with Crippen LogP contribution in [0.3, 0.4) is 0 Å². The second kappa shape index (κ2) is 5.39. The van der Waals surface area contributed by atoms with Crippen LogP contribution in [-0.4, -0.2) is 10.9 Å². The van der Waals surface area contributed by atoms with Gasteiger partial charge in [0.1, 0.15) is 11.2 Å². The Bertz CT molecular complexity index is 710.